The number of fused-ring (bicyclic) bond motifs is 2. The SMILES string of the molecule is COCC[N+]1=C(/C=C/C=C/C=C/C=C2/N(CCOCCC(=O)ON3C(=O)CCC3=O)c3ccc(S(=O)(=O)O)cc3C2(C)CCOC)C(C)(CCCS(=O)(=O)O)c2cc(S(=O)(=O)O)ccc21. The first kappa shape index (κ1) is 51.1. The second kappa shape index (κ2) is 21.2. The van der Waals surface area contributed by atoms with Gasteiger partial charge in [-0.05, 0) is 75.1 Å². The van der Waals surface area contributed by atoms with E-state index in [2.05, 4.69) is 0 Å². The molecule has 3 aliphatic heterocycles. The molecule has 354 valence electrons. The van der Waals surface area contributed by atoms with Crippen molar-refractivity contribution in [1.82, 2.24) is 5.06 Å². The molecule has 2 aromatic rings. The molecule has 0 bridgehead atoms. The summed E-state index contributed by atoms with van der Waals surface area (Å²) < 4.78 is 120. The maximum absolute atomic E-state index is 12.3. The highest BCUT2D eigenvalue weighted by Crippen LogP contribution is 2.51. The van der Waals surface area contributed by atoms with Gasteiger partial charge in [0, 0.05) is 74.7 Å². The molecule has 2 atom stereocenters. The van der Waals surface area contributed by atoms with Crippen LogP contribution in [0.1, 0.15) is 63.5 Å². The van der Waals surface area contributed by atoms with Gasteiger partial charge in [-0.1, -0.05) is 30.4 Å². The molecule has 0 aromatic heterocycles. The molecular formula is C43H54N3O16S3+. The van der Waals surface area contributed by atoms with Crippen molar-refractivity contribution >= 4 is 65.2 Å². The molecule has 1 fully saturated rings. The standard InChI is InChI=1S/C43H53N3O16S3/c1-42(20-10-28-63(50,51)52)33-29-31(64(53,54)55)13-15-35(33)44(22-26-60-4)37(42)11-8-6-5-7-9-12-38-43(2,21-25-59-3)34-30-32(65(56,57)58)14-16-36(34)45(38)23-27-61-24-19-41(49)62-46-39(47)17-18-40(46)48/h5-9,11-16,29-30H,10,17-28H2,1-4H3,(H2-,50,51,52,53,54,55,56,57,58)/p+1. The average Bonchev–Trinajstić information content (AvgIpc) is 3.76. The first-order chi connectivity index (χ1) is 30.5. The molecule has 5 rings (SSSR count). The van der Waals surface area contributed by atoms with E-state index in [-0.39, 0.29) is 61.7 Å². The molecule has 65 heavy (non-hydrogen) atoms. The third kappa shape index (κ3) is 12.3. The van der Waals surface area contributed by atoms with Crippen molar-refractivity contribution in [3.05, 3.63) is 95.8 Å². The van der Waals surface area contributed by atoms with Gasteiger partial charge in [0.2, 0.25) is 5.69 Å². The molecule has 0 aliphatic carbocycles. The number of nitrogens with zero attached hydrogens (tertiary/aromatic N) is 3. The molecule has 3 N–H and O–H groups in total. The lowest BCUT2D eigenvalue weighted by Crippen LogP contribution is -2.33. The van der Waals surface area contributed by atoms with E-state index in [1.165, 1.54) is 31.4 Å². The van der Waals surface area contributed by atoms with E-state index in [0.717, 1.165) is 5.70 Å². The Morgan fingerprint density at radius 3 is 2.02 bits per heavy atom. The van der Waals surface area contributed by atoms with Crippen LogP contribution in [0.3, 0.4) is 0 Å². The van der Waals surface area contributed by atoms with E-state index in [0.29, 0.717) is 59.5 Å². The highest BCUT2D eigenvalue weighted by Gasteiger charge is 2.48. The quantitative estimate of drug-likeness (QED) is 0.0463. The molecular weight excluding hydrogens is 911 g/mol. The number of carbonyl (C=O) groups excluding carboxylic acids is 3. The topological polar surface area (TPSA) is 261 Å². The minimum atomic E-state index is -4.58. The zero-order valence-electron chi connectivity index (χ0n) is 36.4. The Morgan fingerprint density at radius 2 is 1.38 bits per heavy atom. The Hall–Kier alpha value is -4.91. The number of hydroxylamine groups is 2. The third-order valence-corrected chi connectivity index (χ3v) is 14.0. The highest BCUT2D eigenvalue weighted by atomic mass is 32.2. The number of hydrogen-bond acceptors (Lipinski definition) is 14. The Bertz CT molecular complexity index is 2640. The van der Waals surface area contributed by atoms with E-state index in [1.807, 2.05) is 35.5 Å². The molecule has 3 aliphatic rings. The molecule has 0 saturated carbocycles. The van der Waals surface area contributed by atoms with Gasteiger partial charge in [-0.25, -0.2) is 4.79 Å². The number of imide groups is 1. The van der Waals surface area contributed by atoms with Crippen molar-refractivity contribution in [2.75, 3.05) is 64.4 Å². The third-order valence-electron chi connectivity index (χ3n) is 11.5. The molecule has 2 amide bonds. The van der Waals surface area contributed by atoms with Crippen LogP contribution >= 0.6 is 0 Å². The zero-order valence-corrected chi connectivity index (χ0v) is 38.9. The molecule has 2 aromatic carbocycles. The van der Waals surface area contributed by atoms with Crippen molar-refractivity contribution in [3.8, 4) is 0 Å². The van der Waals surface area contributed by atoms with Crippen LogP contribution in [0.4, 0.5) is 11.4 Å². The number of benzene rings is 2. The van der Waals surface area contributed by atoms with Gasteiger partial charge >= 0.3 is 5.97 Å². The Kier molecular flexibility index (Phi) is 16.6. The maximum Gasteiger partial charge on any atom is 0.335 e. The monoisotopic (exact) mass is 964 g/mol. The number of rotatable bonds is 23. The normalized spacial score (nSPS) is 21.0. The fraction of sp³-hybridized carbons (Fsp3) is 0.442. The summed E-state index contributed by atoms with van der Waals surface area (Å²) in [6, 6.07) is 8.54. The predicted molar refractivity (Wildman–Crippen MR) is 236 cm³/mol. The Labute approximate surface area is 378 Å². The summed E-state index contributed by atoms with van der Waals surface area (Å²) in [4.78, 5) is 42.2. The van der Waals surface area contributed by atoms with Gasteiger partial charge in [-0.15, -0.1) is 5.06 Å². The van der Waals surface area contributed by atoms with Crippen molar-refractivity contribution < 1.29 is 76.9 Å². The van der Waals surface area contributed by atoms with Crippen molar-refractivity contribution in [1.29, 1.82) is 0 Å². The molecule has 19 nitrogen and oxygen atoms in total. The number of allylic oxidation sites excluding steroid dienone is 8. The summed E-state index contributed by atoms with van der Waals surface area (Å²) in [6.07, 6.45) is 12.8. The minimum absolute atomic E-state index is 0.0329. The van der Waals surface area contributed by atoms with Crippen LogP contribution in [0.25, 0.3) is 0 Å². The molecule has 0 spiro atoms. The summed E-state index contributed by atoms with van der Waals surface area (Å²) >= 11 is 0. The Balaban J connectivity index is 1.41. The fourth-order valence-corrected chi connectivity index (χ4v) is 9.72. The molecule has 22 heteroatoms. The summed E-state index contributed by atoms with van der Waals surface area (Å²) in [7, 11) is -10.3. The highest BCUT2D eigenvalue weighted by molar-refractivity contribution is 7.86. The van der Waals surface area contributed by atoms with Gasteiger partial charge < -0.3 is 23.9 Å². The van der Waals surface area contributed by atoms with Crippen LogP contribution in [0.15, 0.2) is 94.4 Å². The van der Waals surface area contributed by atoms with E-state index in [9.17, 15) is 53.3 Å². The second-order valence-corrected chi connectivity index (χ2v) is 20.3. The molecule has 1 saturated heterocycles. The van der Waals surface area contributed by atoms with E-state index >= 15 is 0 Å². The summed E-state index contributed by atoms with van der Waals surface area (Å²) in [5.41, 5.74) is 2.10. The lowest BCUT2D eigenvalue weighted by Gasteiger charge is -2.30. The van der Waals surface area contributed by atoms with Gasteiger partial charge in [0.15, 0.2) is 12.3 Å². The van der Waals surface area contributed by atoms with Crippen molar-refractivity contribution in [3.63, 3.8) is 0 Å². The fourth-order valence-electron chi connectivity index (χ4n) is 8.19. The lowest BCUT2D eigenvalue weighted by molar-refractivity contribution is -0.441. The summed E-state index contributed by atoms with van der Waals surface area (Å²) in [5, 5.41) is 0.467. The maximum atomic E-state index is 12.3. The van der Waals surface area contributed by atoms with Crippen LogP contribution in [0.2, 0.25) is 0 Å². The van der Waals surface area contributed by atoms with Crippen LogP contribution in [-0.4, -0.2) is 132 Å². The number of methoxy groups -OCH3 is 2. The van der Waals surface area contributed by atoms with Gasteiger partial charge in [0.05, 0.1) is 40.6 Å². The first-order valence-corrected chi connectivity index (χ1v) is 25.0. The number of amides is 2. The average molecular weight is 965 g/mol. The van der Waals surface area contributed by atoms with Gasteiger partial charge in [-0.3, -0.25) is 23.2 Å². The minimum Gasteiger partial charge on any atom is -0.385 e. The van der Waals surface area contributed by atoms with Crippen LogP contribution in [0, 0.1) is 0 Å². The van der Waals surface area contributed by atoms with Gasteiger partial charge in [-0.2, -0.15) is 29.8 Å². The number of ether oxygens (including phenoxy) is 3. The largest absolute Gasteiger partial charge is 0.385 e. The van der Waals surface area contributed by atoms with Crippen LogP contribution in [0.5, 0.6) is 0 Å². The van der Waals surface area contributed by atoms with Crippen molar-refractivity contribution in [2.24, 2.45) is 0 Å². The van der Waals surface area contributed by atoms with Gasteiger partial charge in [0.25, 0.3) is 42.2 Å². The summed E-state index contributed by atoms with van der Waals surface area (Å²) in [5.74, 6) is -2.52. The number of anilines is 1. The van der Waals surface area contributed by atoms with Crippen molar-refractivity contribution in [2.45, 2.75) is 73.0 Å². The lowest BCUT2D eigenvalue weighted by atomic mass is 9.76. The van der Waals surface area contributed by atoms with E-state index < -0.39 is 64.7 Å². The molecule has 3 heterocycles. The smallest absolute Gasteiger partial charge is 0.335 e. The number of carbonyl (C=O) groups is 3. The number of hydrogen-bond donors (Lipinski definition) is 3. The molecule has 2 unspecified atom stereocenters. The van der Waals surface area contributed by atoms with Crippen LogP contribution in [-0.2, 0) is 74.6 Å². The Morgan fingerprint density at radius 1 is 0.769 bits per heavy atom. The second-order valence-electron chi connectivity index (χ2n) is 15.9. The van der Waals surface area contributed by atoms with Gasteiger partial charge in [0.1, 0.15) is 6.61 Å². The zero-order chi connectivity index (χ0) is 47.8. The summed E-state index contributed by atoms with van der Waals surface area (Å²) in [6.45, 7) is 4.95. The predicted octanol–water partition coefficient (Wildman–Crippen LogP) is 4.23. The van der Waals surface area contributed by atoms with E-state index in [1.54, 1.807) is 49.6 Å². The first-order valence-electron chi connectivity index (χ1n) is 20.5. The van der Waals surface area contributed by atoms with Crippen LogP contribution < -0.4 is 4.90 Å². The van der Waals surface area contributed by atoms with E-state index in [4.69, 9.17) is 19.0 Å². The molecule has 0 radical (unpaired) electrons.